The number of hydrogen-bond acceptors (Lipinski definition) is 6. The number of likely N-dealkylation sites (tertiary alicyclic amines) is 1. The van der Waals surface area contributed by atoms with Gasteiger partial charge in [-0.15, -0.1) is 11.8 Å². The number of carbonyl (C=O) groups is 1. The quantitative estimate of drug-likeness (QED) is 0.526. The first-order valence-electron chi connectivity index (χ1n) is 12.9. The fraction of sp³-hybridized carbons (Fsp3) is 0.517. The Morgan fingerprint density at radius 3 is 2.42 bits per heavy atom. The smallest absolute Gasteiger partial charge is 0.415 e. The molecule has 1 saturated carbocycles. The lowest BCUT2D eigenvalue weighted by Crippen LogP contribution is -2.46. The second kappa shape index (κ2) is 10.0. The molecule has 3 aliphatic heterocycles. The largest absolute Gasteiger partial charge is 0.441 e. The van der Waals surface area contributed by atoms with Crippen molar-refractivity contribution in [3.8, 4) is 0 Å². The molecule has 0 aromatic heterocycles. The molecule has 36 heavy (non-hydrogen) atoms. The van der Waals surface area contributed by atoms with Crippen molar-refractivity contribution in [2.75, 3.05) is 30.3 Å². The molecule has 2 aromatic rings. The van der Waals surface area contributed by atoms with E-state index in [2.05, 4.69) is 42.6 Å². The maximum absolute atomic E-state index is 12.6. The highest BCUT2D eigenvalue weighted by Crippen LogP contribution is 2.51. The summed E-state index contributed by atoms with van der Waals surface area (Å²) >= 11 is 2.09. The van der Waals surface area contributed by atoms with Crippen molar-refractivity contribution in [2.45, 2.75) is 74.3 Å². The zero-order chi connectivity index (χ0) is 25.3. The van der Waals surface area contributed by atoms with Crippen LogP contribution in [-0.2, 0) is 26.3 Å². The lowest BCUT2D eigenvalue weighted by atomic mass is 9.79. The summed E-state index contributed by atoms with van der Waals surface area (Å²) in [7, 11) is 0. The second-order valence-electron chi connectivity index (χ2n) is 11.2. The summed E-state index contributed by atoms with van der Waals surface area (Å²) < 4.78 is 5.97. The van der Waals surface area contributed by atoms with Crippen molar-refractivity contribution in [1.82, 2.24) is 4.90 Å². The number of piperidine rings is 1. The van der Waals surface area contributed by atoms with Crippen LogP contribution in [0.5, 0.6) is 0 Å². The number of para-hydroxylation sites is 1. The minimum absolute atomic E-state index is 0.196. The number of rotatable bonds is 4. The van der Waals surface area contributed by atoms with Crippen LogP contribution in [0.15, 0.2) is 47.4 Å². The number of nitrogens with zero attached hydrogens (tertiary/aromatic N) is 2. The maximum atomic E-state index is 12.6. The highest BCUT2D eigenvalue weighted by atomic mass is 32.2. The zero-order valence-electron chi connectivity index (χ0n) is 21.1. The Morgan fingerprint density at radius 2 is 1.75 bits per heavy atom. The summed E-state index contributed by atoms with van der Waals surface area (Å²) in [4.78, 5) is 34.8. The summed E-state index contributed by atoms with van der Waals surface area (Å²) in [6.07, 6.45) is 5.83. The topological polar surface area (TPSA) is 66.9 Å². The normalized spacial score (nSPS) is 22.3. The minimum Gasteiger partial charge on any atom is -0.441 e. The van der Waals surface area contributed by atoms with Crippen LogP contribution in [0.2, 0.25) is 0 Å². The molecule has 6 rings (SSSR count). The van der Waals surface area contributed by atoms with Crippen molar-refractivity contribution in [3.05, 3.63) is 59.2 Å². The van der Waals surface area contributed by atoms with Crippen molar-refractivity contribution < 1.29 is 19.1 Å². The molecular formula is C29H34N2O4S. The van der Waals surface area contributed by atoms with Crippen LogP contribution in [0.4, 0.5) is 10.5 Å². The van der Waals surface area contributed by atoms with Gasteiger partial charge in [0.1, 0.15) is 5.60 Å². The molecule has 2 saturated heterocycles. The van der Waals surface area contributed by atoms with E-state index in [1.807, 2.05) is 30.3 Å². The van der Waals surface area contributed by atoms with Crippen LogP contribution in [-0.4, -0.2) is 48.1 Å². The van der Waals surface area contributed by atoms with Crippen LogP contribution < -0.4 is 4.90 Å². The van der Waals surface area contributed by atoms with E-state index in [9.17, 15) is 4.79 Å². The number of carbonyl (C=O) groups excluding carboxylic acids is 3. The molecular weight excluding hydrogens is 472 g/mol. The van der Waals surface area contributed by atoms with Gasteiger partial charge in [-0.2, -0.15) is 9.59 Å². The molecule has 1 spiro atoms. The summed E-state index contributed by atoms with van der Waals surface area (Å²) in [6.45, 7) is 8.46. The number of ether oxygens (including phenoxy) is 1. The number of thioether (sulfide) groups is 1. The molecule has 0 radical (unpaired) electrons. The predicted molar refractivity (Wildman–Crippen MR) is 139 cm³/mol. The number of benzene rings is 2. The standard InChI is InChI=1S/C28H34N2O2S.CO2/c1-27(2)12-15-33-25-23(21-8-9-21)16-20(17-24(25)27)18-29-13-10-28(11-14-29)19-30(26(31)32-28)22-6-4-3-5-7-22;2-1-3/h3-7,16-17,21H,8-15,18-19H2,1-2H3;. The highest BCUT2D eigenvalue weighted by Gasteiger charge is 2.47. The summed E-state index contributed by atoms with van der Waals surface area (Å²) in [5.74, 6) is 2.03. The monoisotopic (exact) mass is 506 g/mol. The van der Waals surface area contributed by atoms with E-state index in [1.165, 1.54) is 30.6 Å². The average Bonchev–Trinajstić information content (AvgIpc) is 3.66. The Hall–Kier alpha value is -2.60. The molecule has 0 N–H and O–H groups in total. The van der Waals surface area contributed by atoms with Crippen LogP contribution in [0.1, 0.15) is 68.6 Å². The third kappa shape index (κ3) is 5.10. The molecule has 0 unspecified atom stereocenters. The van der Waals surface area contributed by atoms with Crippen molar-refractivity contribution in [2.24, 2.45) is 0 Å². The maximum Gasteiger partial charge on any atom is 0.415 e. The van der Waals surface area contributed by atoms with Crippen LogP contribution in [0.3, 0.4) is 0 Å². The van der Waals surface area contributed by atoms with Crippen molar-refractivity contribution in [1.29, 1.82) is 0 Å². The second-order valence-corrected chi connectivity index (χ2v) is 12.3. The van der Waals surface area contributed by atoms with E-state index < -0.39 is 0 Å². The summed E-state index contributed by atoms with van der Waals surface area (Å²) in [5, 5.41) is 0. The van der Waals surface area contributed by atoms with Gasteiger partial charge >= 0.3 is 12.2 Å². The van der Waals surface area contributed by atoms with Gasteiger partial charge in [0.2, 0.25) is 0 Å². The third-order valence-corrected chi connectivity index (χ3v) is 9.26. The van der Waals surface area contributed by atoms with E-state index in [4.69, 9.17) is 14.3 Å². The Labute approximate surface area is 217 Å². The van der Waals surface area contributed by atoms with E-state index in [1.54, 1.807) is 20.9 Å². The molecule has 0 atom stereocenters. The molecule has 1 amide bonds. The van der Waals surface area contributed by atoms with Gasteiger partial charge in [0, 0.05) is 43.1 Å². The fourth-order valence-corrected chi connectivity index (χ4v) is 7.48. The van der Waals surface area contributed by atoms with Gasteiger partial charge in [-0.1, -0.05) is 44.2 Å². The minimum atomic E-state index is -0.336. The van der Waals surface area contributed by atoms with Gasteiger partial charge < -0.3 is 4.74 Å². The Kier molecular flexibility index (Phi) is 6.99. The van der Waals surface area contributed by atoms with Gasteiger partial charge in [-0.3, -0.25) is 9.80 Å². The Balaban J connectivity index is 0.000000848. The molecule has 4 aliphatic rings. The molecule has 3 fully saturated rings. The number of fused-ring (bicyclic) bond motifs is 1. The predicted octanol–water partition coefficient (Wildman–Crippen LogP) is 5.75. The van der Waals surface area contributed by atoms with Crippen LogP contribution in [0, 0.1) is 0 Å². The number of amides is 1. The third-order valence-electron chi connectivity index (χ3n) is 8.11. The first kappa shape index (κ1) is 25.1. The van der Waals surface area contributed by atoms with Crippen LogP contribution >= 0.6 is 11.8 Å². The lowest BCUT2D eigenvalue weighted by Gasteiger charge is -2.38. The van der Waals surface area contributed by atoms with Crippen molar-refractivity contribution >= 4 is 29.7 Å². The van der Waals surface area contributed by atoms with E-state index >= 15 is 0 Å². The van der Waals surface area contributed by atoms with Crippen LogP contribution in [0.25, 0.3) is 0 Å². The highest BCUT2D eigenvalue weighted by molar-refractivity contribution is 7.99. The molecule has 6 nitrogen and oxygen atoms in total. The van der Waals surface area contributed by atoms with E-state index in [0.717, 1.165) is 44.1 Å². The number of hydrogen-bond donors (Lipinski definition) is 0. The average molecular weight is 507 g/mol. The first-order chi connectivity index (χ1) is 17.3. The molecule has 0 bridgehead atoms. The summed E-state index contributed by atoms with van der Waals surface area (Å²) in [6, 6.07) is 14.9. The first-order valence-corrected chi connectivity index (χ1v) is 13.9. The SMILES string of the molecule is CC1(C)CCSc2c(C3CC3)cc(CN3CCC4(CC3)CN(c3ccccc3)C(=O)O4)cc21.O=C=O. The molecule has 3 heterocycles. The number of anilines is 1. The van der Waals surface area contributed by atoms with Gasteiger partial charge in [0.15, 0.2) is 0 Å². The molecule has 7 heteroatoms. The molecule has 2 aromatic carbocycles. The Morgan fingerprint density at radius 1 is 1.06 bits per heavy atom. The molecule has 1 aliphatic carbocycles. The van der Waals surface area contributed by atoms with Gasteiger partial charge in [-0.05, 0) is 65.2 Å². The van der Waals surface area contributed by atoms with Gasteiger partial charge in [-0.25, -0.2) is 4.79 Å². The zero-order valence-corrected chi connectivity index (χ0v) is 21.9. The Bertz CT molecular complexity index is 1150. The van der Waals surface area contributed by atoms with E-state index in [0.29, 0.717) is 6.54 Å². The van der Waals surface area contributed by atoms with Gasteiger partial charge in [0.25, 0.3) is 0 Å². The fourth-order valence-electron chi connectivity index (χ4n) is 5.78. The summed E-state index contributed by atoms with van der Waals surface area (Å²) in [5.41, 5.74) is 5.54. The van der Waals surface area contributed by atoms with E-state index in [-0.39, 0.29) is 23.3 Å². The van der Waals surface area contributed by atoms with Gasteiger partial charge in [0.05, 0.1) is 6.54 Å². The molecule has 190 valence electrons. The van der Waals surface area contributed by atoms with Crippen molar-refractivity contribution in [3.63, 3.8) is 0 Å². The lowest BCUT2D eigenvalue weighted by molar-refractivity contribution is -0.191.